The molecule has 0 fully saturated rings. The summed E-state index contributed by atoms with van der Waals surface area (Å²) in [4.78, 5) is 11.3. The van der Waals surface area contributed by atoms with Crippen LogP contribution < -0.4 is 10.5 Å². The van der Waals surface area contributed by atoms with Gasteiger partial charge in [-0.1, -0.05) is 11.8 Å². The van der Waals surface area contributed by atoms with Crippen molar-refractivity contribution < 1.29 is 13.2 Å². The molecule has 1 aromatic carbocycles. The third-order valence-electron chi connectivity index (χ3n) is 4.22. The van der Waals surface area contributed by atoms with Crippen LogP contribution in [0.15, 0.2) is 34.3 Å². The quantitative estimate of drug-likeness (QED) is 0.343. The van der Waals surface area contributed by atoms with E-state index >= 15 is 0 Å². The topological polar surface area (TPSA) is 98.4 Å². The second-order valence-corrected chi connectivity index (χ2v) is 10.7. The van der Waals surface area contributed by atoms with Gasteiger partial charge in [-0.3, -0.25) is 0 Å². The third kappa shape index (κ3) is 4.24. The molecule has 2 aromatic heterocycles. The number of anilines is 1. The monoisotopic (exact) mass is 438 g/mol. The number of thiophene rings is 1. The summed E-state index contributed by atoms with van der Waals surface area (Å²) in [6.45, 7) is 4.52. The van der Waals surface area contributed by atoms with Crippen LogP contribution in [0.5, 0.6) is 5.75 Å². The van der Waals surface area contributed by atoms with Crippen LogP contribution in [0.1, 0.15) is 10.4 Å². The van der Waals surface area contributed by atoms with Crippen molar-refractivity contribution in [2.45, 2.75) is 23.9 Å². The first kappa shape index (κ1) is 20.8. The van der Waals surface area contributed by atoms with Crippen molar-refractivity contribution in [3.05, 3.63) is 34.7 Å². The molecule has 0 spiro atoms. The molecular formula is C18H22N4O3S3. The van der Waals surface area contributed by atoms with Gasteiger partial charge in [0.25, 0.3) is 0 Å². The second-order valence-electron chi connectivity index (χ2n) is 6.31. The lowest BCUT2D eigenvalue weighted by molar-refractivity contribution is 0.343. The van der Waals surface area contributed by atoms with E-state index in [1.54, 1.807) is 23.5 Å². The molecule has 0 bridgehead atoms. The van der Waals surface area contributed by atoms with Crippen LogP contribution in [0.2, 0.25) is 0 Å². The van der Waals surface area contributed by atoms with Crippen molar-refractivity contribution >= 4 is 49.2 Å². The molecule has 2 heterocycles. The predicted molar refractivity (Wildman–Crippen MR) is 115 cm³/mol. The minimum absolute atomic E-state index is 0.234. The molecule has 28 heavy (non-hydrogen) atoms. The van der Waals surface area contributed by atoms with Crippen LogP contribution >= 0.6 is 23.1 Å². The highest BCUT2D eigenvalue weighted by molar-refractivity contribution is 7.99. The van der Waals surface area contributed by atoms with E-state index in [2.05, 4.69) is 16.9 Å². The van der Waals surface area contributed by atoms with Gasteiger partial charge < -0.3 is 10.5 Å². The van der Waals surface area contributed by atoms with Crippen LogP contribution in [0.3, 0.4) is 0 Å². The molecule has 0 atom stereocenters. The molecule has 2 N–H and O–H groups in total. The van der Waals surface area contributed by atoms with Gasteiger partial charge in [-0.2, -0.15) is 0 Å². The minimum atomic E-state index is -3.43. The molecule has 0 aliphatic carbocycles. The molecule has 0 aliphatic heterocycles. The maximum Gasteiger partial charge on any atom is 0.242 e. The molecule has 7 nitrogen and oxygen atoms in total. The van der Waals surface area contributed by atoms with Gasteiger partial charge in [-0.15, -0.1) is 11.3 Å². The van der Waals surface area contributed by atoms with Crippen molar-refractivity contribution in [2.24, 2.45) is 0 Å². The average molecular weight is 439 g/mol. The highest BCUT2D eigenvalue weighted by Crippen LogP contribution is 2.33. The summed E-state index contributed by atoms with van der Waals surface area (Å²) in [7, 11) is -0.428. The Bertz CT molecular complexity index is 1090. The van der Waals surface area contributed by atoms with E-state index < -0.39 is 10.0 Å². The van der Waals surface area contributed by atoms with Crippen LogP contribution in [0.25, 0.3) is 10.2 Å². The fraction of sp³-hybridized carbons (Fsp3) is 0.333. The van der Waals surface area contributed by atoms with Crippen molar-refractivity contribution in [3.63, 3.8) is 0 Å². The van der Waals surface area contributed by atoms with E-state index in [9.17, 15) is 8.42 Å². The maximum atomic E-state index is 12.1. The fourth-order valence-electron chi connectivity index (χ4n) is 2.54. The Kier molecular flexibility index (Phi) is 6.13. The lowest BCUT2D eigenvalue weighted by atomic mass is 10.2. The van der Waals surface area contributed by atoms with Crippen LogP contribution in [0, 0.1) is 13.8 Å². The van der Waals surface area contributed by atoms with Gasteiger partial charge in [0.15, 0.2) is 5.16 Å². The largest absolute Gasteiger partial charge is 0.493 e. The summed E-state index contributed by atoms with van der Waals surface area (Å²) in [5, 5.41) is 1.57. The number of hydrogen-bond donors (Lipinski definition) is 1. The van der Waals surface area contributed by atoms with Crippen molar-refractivity contribution in [1.82, 2.24) is 14.3 Å². The third-order valence-corrected chi connectivity index (χ3v) is 7.96. The van der Waals surface area contributed by atoms with Gasteiger partial charge in [0.05, 0.1) is 16.9 Å². The average Bonchev–Trinajstić information content (AvgIpc) is 2.93. The summed E-state index contributed by atoms with van der Waals surface area (Å²) in [6.07, 6.45) is 0. The first-order valence-electron chi connectivity index (χ1n) is 8.51. The van der Waals surface area contributed by atoms with Gasteiger partial charge in [0, 0.05) is 24.7 Å². The first-order chi connectivity index (χ1) is 13.2. The number of thioether (sulfide) groups is 1. The number of aryl methyl sites for hydroxylation is 2. The molecule has 3 rings (SSSR count). The van der Waals surface area contributed by atoms with Crippen LogP contribution in [-0.2, 0) is 10.0 Å². The summed E-state index contributed by atoms with van der Waals surface area (Å²) in [5.41, 5.74) is 7.23. The van der Waals surface area contributed by atoms with E-state index in [0.29, 0.717) is 29.1 Å². The number of rotatable bonds is 7. The molecule has 150 valence electrons. The Balaban J connectivity index is 1.58. The number of benzene rings is 1. The molecule has 10 heteroatoms. The van der Waals surface area contributed by atoms with E-state index in [1.807, 2.05) is 6.92 Å². The number of hydrogen-bond acceptors (Lipinski definition) is 8. The van der Waals surface area contributed by atoms with Crippen LogP contribution in [-0.4, -0.2) is 49.1 Å². The SMILES string of the molecule is Cc1sc2nc(SCCOc3ccc(S(=O)(=O)N(C)C)cc3)nc(N)c2c1C. The number of fused-ring (bicyclic) bond motifs is 1. The van der Waals surface area contributed by atoms with Gasteiger partial charge in [-0.25, -0.2) is 22.7 Å². The maximum absolute atomic E-state index is 12.1. The molecule has 0 saturated carbocycles. The zero-order chi connectivity index (χ0) is 20.5. The summed E-state index contributed by atoms with van der Waals surface area (Å²) < 4.78 is 31.0. The standard InChI is InChI=1S/C18H22N4O3S3/c1-11-12(2)27-17-15(11)16(19)20-18(21-17)26-10-9-25-13-5-7-14(8-6-13)28(23,24)22(3)4/h5-8H,9-10H2,1-4H3,(H2,19,20,21). The molecular weight excluding hydrogens is 416 g/mol. The minimum Gasteiger partial charge on any atom is -0.493 e. The van der Waals surface area contributed by atoms with Crippen molar-refractivity contribution in [1.29, 1.82) is 0 Å². The Hall–Kier alpha value is -1.88. The zero-order valence-electron chi connectivity index (χ0n) is 16.1. The number of aromatic nitrogens is 2. The summed E-state index contributed by atoms with van der Waals surface area (Å²) in [5.74, 6) is 1.76. The lowest BCUT2D eigenvalue weighted by Gasteiger charge is -2.12. The first-order valence-corrected chi connectivity index (χ1v) is 11.8. The zero-order valence-corrected chi connectivity index (χ0v) is 18.5. The molecule has 0 unspecified atom stereocenters. The number of nitrogens with zero attached hydrogens (tertiary/aromatic N) is 3. The van der Waals surface area contributed by atoms with Crippen LogP contribution in [0.4, 0.5) is 5.82 Å². The number of nitrogen functional groups attached to an aromatic ring is 1. The Morgan fingerprint density at radius 2 is 1.86 bits per heavy atom. The second kappa shape index (κ2) is 8.24. The summed E-state index contributed by atoms with van der Waals surface area (Å²) >= 11 is 3.09. The van der Waals surface area contributed by atoms with E-state index in [1.165, 1.54) is 47.2 Å². The predicted octanol–water partition coefficient (Wildman–Crippen LogP) is 3.31. The Morgan fingerprint density at radius 3 is 2.50 bits per heavy atom. The van der Waals surface area contributed by atoms with Crippen molar-refractivity contribution in [2.75, 3.05) is 32.2 Å². The highest BCUT2D eigenvalue weighted by Gasteiger charge is 2.17. The molecule has 0 aliphatic rings. The van der Waals surface area contributed by atoms with E-state index in [4.69, 9.17) is 10.5 Å². The van der Waals surface area contributed by atoms with Gasteiger partial charge in [0.1, 0.15) is 16.4 Å². The number of sulfonamides is 1. The lowest BCUT2D eigenvalue weighted by Crippen LogP contribution is -2.22. The fourth-order valence-corrected chi connectivity index (χ4v) is 5.20. The smallest absolute Gasteiger partial charge is 0.242 e. The molecule has 0 amide bonds. The van der Waals surface area contributed by atoms with Crippen molar-refractivity contribution in [3.8, 4) is 5.75 Å². The number of nitrogens with two attached hydrogens (primary N) is 1. The highest BCUT2D eigenvalue weighted by atomic mass is 32.2. The molecule has 0 radical (unpaired) electrons. The number of ether oxygens (including phenoxy) is 1. The van der Waals surface area contributed by atoms with E-state index in [-0.39, 0.29) is 4.90 Å². The molecule has 0 saturated heterocycles. The van der Waals surface area contributed by atoms with Gasteiger partial charge in [0.2, 0.25) is 10.0 Å². The van der Waals surface area contributed by atoms with Gasteiger partial charge >= 0.3 is 0 Å². The summed E-state index contributed by atoms with van der Waals surface area (Å²) in [6, 6.07) is 6.38. The van der Waals surface area contributed by atoms with Gasteiger partial charge in [-0.05, 0) is 43.7 Å². The normalized spacial score (nSPS) is 12.0. The van der Waals surface area contributed by atoms with E-state index in [0.717, 1.165) is 15.8 Å². The Morgan fingerprint density at radius 1 is 1.18 bits per heavy atom. The Labute approximate surface area is 173 Å². The molecule has 3 aromatic rings.